The van der Waals surface area contributed by atoms with Crippen LogP contribution in [0.3, 0.4) is 0 Å². The smallest absolute Gasteiger partial charge is 0.332 e. The molecule has 2 aromatic carbocycles. The molecule has 5 rings (SSSR count). The molecule has 0 N–H and O–H groups in total. The second kappa shape index (κ2) is 8.52. The highest BCUT2D eigenvalue weighted by Gasteiger charge is 2.27. The Morgan fingerprint density at radius 1 is 1.09 bits per heavy atom. The van der Waals surface area contributed by atoms with Crippen LogP contribution in [-0.4, -0.2) is 25.7 Å². The van der Waals surface area contributed by atoms with Gasteiger partial charge in [-0.15, -0.1) is 0 Å². The zero-order valence-corrected chi connectivity index (χ0v) is 20.4. The van der Waals surface area contributed by atoms with Crippen molar-refractivity contribution in [1.29, 1.82) is 0 Å². The van der Waals surface area contributed by atoms with Gasteiger partial charge in [-0.25, -0.2) is 4.79 Å². The molecule has 0 fully saturated rings. The van der Waals surface area contributed by atoms with Crippen molar-refractivity contribution >= 4 is 34.2 Å². The number of nitrogens with zero attached hydrogens (tertiary/aromatic N) is 4. The molecule has 0 saturated heterocycles. The number of aromatic nitrogens is 4. The van der Waals surface area contributed by atoms with E-state index >= 15 is 0 Å². The third kappa shape index (κ3) is 3.76. The second-order valence-corrected chi connectivity index (χ2v) is 9.55. The Morgan fingerprint density at radius 3 is 2.53 bits per heavy atom. The minimum Gasteiger partial charge on any atom is -0.454 e. The van der Waals surface area contributed by atoms with Crippen molar-refractivity contribution in [2.24, 2.45) is 13.0 Å². The van der Waals surface area contributed by atoms with Crippen molar-refractivity contribution < 1.29 is 9.47 Å². The molecule has 3 heterocycles. The molecule has 0 saturated carbocycles. The molecule has 0 spiro atoms. The van der Waals surface area contributed by atoms with Crippen LogP contribution >= 0.6 is 23.2 Å². The third-order valence-electron chi connectivity index (χ3n) is 5.68. The maximum atomic E-state index is 13.4. The Hall–Kier alpha value is -3.23. The molecule has 0 amide bonds. The highest BCUT2D eigenvalue weighted by Crippen LogP contribution is 2.43. The molecule has 1 aliphatic rings. The molecule has 4 aromatic rings. The fourth-order valence-electron chi connectivity index (χ4n) is 4.27. The molecule has 0 aliphatic carbocycles. The van der Waals surface area contributed by atoms with Crippen molar-refractivity contribution in [3.05, 3.63) is 72.8 Å². The summed E-state index contributed by atoms with van der Waals surface area (Å²) in [6, 6.07) is 10.7. The van der Waals surface area contributed by atoms with Crippen LogP contribution in [0.1, 0.15) is 19.4 Å². The molecule has 34 heavy (non-hydrogen) atoms. The van der Waals surface area contributed by atoms with Gasteiger partial charge in [0.25, 0.3) is 5.56 Å². The molecule has 176 valence electrons. The van der Waals surface area contributed by atoms with Gasteiger partial charge in [0.15, 0.2) is 17.1 Å². The predicted octanol–water partition coefficient (Wildman–Crippen LogP) is 4.30. The van der Waals surface area contributed by atoms with Crippen LogP contribution < -0.4 is 20.7 Å². The molecule has 10 heteroatoms. The Balaban J connectivity index is 1.86. The lowest BCUT2D eigenvalue weighted by Crippen LogP contribution is -2.38. The predicted molar refractivity (Wildman–Crippen MR) is 131 cm³/mol. The summed E-state index contributed by atoms with van der Waals surface area (Å²) >= 11 is 12.5. The summed E-state index contributed by atoms with van der Waals surface area (Å²) in [6.07, 6.45) is 0. The number of rotatable bonds is 5. The van der Waals surface area contributed by atoms with Gasteiger partial charge in [0.05, 0.1) is 12.2 Å². The van der Waals surface area contributed by atoms with E-state index in [1.165, 1.54) is 7.05 Å². The molecule has 2 aromatic heterocycles. The number of halogens is 2. The van der Waals surface area contributed by atoms with Gasteiger partial charge in [0.2, 0.25) is 6.79 Å². The summed E-state index contributed by atoms with van der Waals surface area (Å²) in [4.78, 5) is 26.5. The average molecular weight is 501 g/mol. The number of hydrogen-bond donors (Lipinski definition) is 0. The second-order valence-electron chi connectivity index (χ2n) is 8.67. The SMILES string of the molecule is CC(C)Cn1c(=O)n(C)c(=O)c2c(-c3cccc4c3OCO4)n(Cc3cc(Cl)cc(Cl)c3)nc21. The van der Waals surface area contributed by atoms with E-state index < -0.39 is 11.2 Å². The van der Waals surface area contributed by atoms with E-state index in [0.717, 1.165) is 10.1 Å². The minimum absolute atomic E-state index is 0.0817. The van der Waals surface area contributed by atoms with Crippen LogP contribution in [-0.2, 0) is 20.1 Å². The zero-order chi connectivity index (χ0) is 24.1. The Bertz CT molecular complexity index is 1530. The van der Waals surface area contributed by atoms with Gasteiger partial charge >= 0.3 is 5.69 Å². The summed E-state index contributed by atoms with van der Waals surface area (Å²) in [6.45, 7) is 4.77. The van der Waals surface area contributed by atoms with Gasteiger partial charge in [0.1, 0.15) is 5.39 Å². The van der Waals surface area contributed by atoms with Crippen LogP contribution in [0.5, 0.6) is 11.5 Å². The summed E-state index contributed by atoms with van der Waals surface area (Å²) in [5.41, 5.74) is 1.46. The number of para-hydroxylation sites is 1. The first-order valence-electron chi connectivity index (χ1n) is 10.8. The van der Waals surface area contributed by atoms with Crippen LogP contribution in [0.15, 0.2) is 46.0 Å². The molecule has 0 radical (unpaired) electrons. The van der Waals surface area contributed by atoms with E-state index in [1.807, 2.05) is 26.0 Å². The average Bonchev–Trinajstić information content (AvgIpc) is 3.39. The maximum absolute atomic E-state index is 13.4. The molecule has 8 nitrogen and oxygen atoms in total. The minimum atomic E-state index is -0.429. The first-order valence-corrected chi connectivity index (χ1v) is 11.5. The molecule has 0 atom stereocenters. The summed E-state index contributed by atoms with van der Waals surface area (Å²) in [5.74, 6) is 1.27. The lowest BCUT2D eigenvalue weighted by atomic mass is 10.1. The first kappa shape index (κ1) is 22.6. The standard InChI is InChI=1S/C24H22Cl2N4O4/c1-13(2)10-29-22-19(23(31)28(3)24(29)32)20(17-5-4-6-18-21(17)34-12-33-18)30(27-22)11-14-7-15(25)9-16(26)8-14/h4-9,13H,10-12H2,1-3H3. The lowest BCUT2D eigenvalue weighted by molar-refractivity contribution is 0.174. The van der Waals surface area contributed by atoms with E-state index in [1.54, 1.807) is 33.5 Å². The largest absolute Gasteiger partial charge is 0.454 e. The Labute approximate surface area is 204 Å². The van der Waals surface area contributed by atoms with Crippen molar-refractivity contribution in [3.8, 4) is 22.8 Å². The Morgan fingerprint density at radius 2 is 1.82 bits per heavy atom. The molecule has 0 unspecified atom stereocenters. The zero-order valence-electron chi connectivity index (χ0n) is 18.8. The number of benzene rings is 2. The van der Waals surface area contributed by atoms with Crippen LogP contribution in [0, 0.1) is 5.92 Å². The van der Waals surface area contributed by atoms with E-state index in [2.05, 4.69) is 0 Å². The van der Waals surface area contributed by atoms with Gasteiger partial charge in [0, 0.05) is 29.2 Å². The fraction of sp³-hybridized carbons (Fsp3) is 0.292. The molecular formula is C24H22Cl2N4O4. The monoisotopic (exact) mass is 500 g/mol. The van der Waals surface area contributed by atoms with E-state index in [0.29, 0.717) is 50.4 Å². The first-order chi connectivity index (χ1) is 16.2. The van der Waals surface area contributed by atoms with Gasteiger partial charge in [-0.2, -0.15) is 5.10 Å². The topological polar surface area (TPSA) is 80.3 Å². The van der Waals surface area contributed by atoms with Gasteiger partial charge in [-0.3, -0.25) is 18.6 Å². The van der Waals surface area contributed by atoms with Crippen LogP contribution in [0.4, 0.5) is 0 Å². The van der Waals surface area contributed by atoms with E-state index in [9.17, 15) is 9.59 Å². The highest BCUT2D eigenvalue weighted by molar-refractivity contribution is 6.34. The van der Waals surface area contributed by atoms with Crippen molar-refractivity contribution in [2.45, 2.75) is 26.9 Å². The van der Waals surface area contributed by atoms with Crippen LogP contribution in [0.2, 0.25) is 10.0 Å². The van der Waals surface area contributed by atoms with Crippen molar-refractivity contribution in [2.75, 3.05) is 6.79 Å². The van der Waals surface area contributed by atoms with E-state index in [4.69, 9.17) is 37.8 Å². The number of ether oxygens (including phenoxy) is 2. The number of hydrogen-bond acceptors (Lipinski definition) is 5. The van der Waals surface area contributed by atoms with Crippen LogP contribution in [0.25, 0.3) is 22.3 Å². The van der Waals surface area contributed by atoms with Gasteiger partial charge in [-0.1, -0.05) is 43.1 Å². The molecule has 0 bridgehead atoms. The summed E-state index contributed by atoms with van der Waals surface area (Å²) < 4.78 is 15.7. The Kier molecular flexibility index (Phi) is 5.65. The number of fused-ring (bicyclic) bond motifs is 2. The summed E-state index contributed by atoms with van der Waals surface area (Å²) in [7, 11) is 1.48. The van der Waals surface area contributed by atoms with E-state index in [-0.39, 0.29) is 19.3 Å². The highest BCUT2D eigenvalue weighted by atomic mass is 35.5. The lowest BCUT2D eigenvalue weighted by Gasteiger charge is -2.12. The molecule has 1 aliphatic heterocycles. The quantitative estimate of drug-likeness (QED) is 0.408. The normalized spacial score (nSPS) is 12.8. The van der Waals surface area contributed by atoms with Gasteiger partial charge in [-0.05, 0) is 41.8 Å². The fourth-order valence-corrected chi connectivity index (χ4v) is 4.84. The molecular weight excluding hydrogens is 479 g/mol. The third-order valence-corrected chi connectivity index (χ3v) is 6.12. The summed E-state index contributed by atoms with van der Waals surface area (Å²) in [5, 5.41) is 6.08. The van der Waals surface area contributed by atoms with Crippen molar-refractivity contribution in [3.63, 3.8) is 0 Å². The van der Waals surface area contributed by atoms with Crippen molar-refractivity contribution in [1.82, 2.24) is 18.9 Å². The van der Waals surface area contributed by atoms with Gasteiger partial charge < -0.3 is 9.47 Å². The maximum Gasteiger partial charge on any atom is 0.332 e.